The molecule has 0 bridgehead atoms. The van der Waals surface area contributed by atoms with E-state index < -0.39 is 0 Å². The van der Waals surface area contributed by atoms with Gasteiger partial charge < -0.3 is 4.42 Å². The molecule has 86 valence electrons. The van der Waals surface area contributed by atoms with Crippen molar-refractivity contribution in [1.29, 1.82) is 0 Å². The highest BCUT2D eigenvalue weighted by Crippen LogP contribution is 2.25. The Morgan fingerprint density at radius 1 is 1.56 bits per heavy atom. The molecule has 0 spiro atoms. The smallest absolute Gasteiger partial charge is 0.169 e. The second-order valence-electron chi connectivity index (χ2n) is 3.31. The summed E-state index contributed by atoms with van der Waals surface area (Å²) < 4.78 is 8.05. The van der Waals surface area contributed by atoms with Gasteiger partial charge in [-0.3, -0.25) is 10.5 Å². The molecule has 0 amide bonds. The van der Waals surface area contributed by atoms with Crippen LogP contribution >= 0.6 is 15.9 Å². The summed E-state index contributed by atoms with van der Waals surface area (Å²) in [6, 6.07) is 5.45. The van der Waals surface area contributed by atoms with Crippen molar-refractivity contribution < 1.29 is 4.42 Å². The van der Waals surface area contributed by atoms with Crippen molar-refractivity contribution in [3.8, 4) is 0 Å². The van der Waals surface area contributed by atoms with Crippen LogP contribution in [-0.2, 0) is 6.54 Å². The Bertz CT molecular complexity index is 465. The Morgan fingerprint density at radius 3 is 2.94 bits per heavy atom. The van der Waals surface area contributed by atoms with Gasteiger partial charge in [-0.2, -0.15) is 5.10 Å². The molecule has 0 aromatic carbocycles. The molecule has 0 saturated carbocycles. The van der Waals surface area contributed by atoms with Crippen LogP contribution in [0.3, 0.4) is 0 Å². The van der Waals surface area contributed by atoms with Gasteiger partial charge in [0.2, 0.25) is 0 Å². The lowest BCUT2D eigenvalue weighted by Crippen LogP contribution is -2.30. The number of nitrogens with one attached hydrogen (secondary N) is 1. The minimum absolute atomic E-state index is 0.186. The van der Waals surface area contributed by atoms with Crippen LogP contribution in [0.1, 0.15) is 24.4 Å². The summed E-state index contributed by atoms with van der Waals surface area (Å²) in [4.78, 5) is 0. The molecular formula is C10H13BrN4O. The van der Waals surface area contributed by atoms with Crippen LogP contribution in [0.4, 0.5) is 0 Å². The van der Waals surface area contributed by atoms with E-state index in [1.54, 1.807) is 6.20 Å². The average Bonchev–Trinajstić information content (AvgIpc) is 2.89. The number of halogens is 1. The zero-order valence-electron chi connectivity index (χ0n) is 8.85. The molecule has 6 heteroatoms. The summed E-state index contributed by atoms with van der Waals surface area (Å²) >= 11 is 3.27. The average molecular weight is 285 g/mol. The Kier molecular flexibility index (Phi) is 3.42. The molecule has 1 unspecified atom stereocenters. The summed E-state index contributed by atoms with van der Waals surface area (Å²) in [5.41, 5.74) is 3.71. The molecule has 2 aromatic heterocycles. The summed E-state index contributed by atoms with van der Waals surface area (Å²) in [6.07, 6.45) is 1.75. The van der Waals surface area contributed by atoms with Crippen molar-refractivity contribution in [3.05, 3.63) is 40.5 Å². The number of furan rings is 1. The van der Waals surface area contributed by atoms with E-state index in [0.29, 0.717) is 4.67 Å². The Balaban J connectivity index is 2.36. The maximum absolute atomic E-state index is 5.56. The maximum atomic E-state index is 5.56. The van der Waals surface area contributed by atoms with Gasteiger partial charge in [-0.25, -0.2) is 5.43 Å². The molecule has 0 aliphatic rings. The van der Waals surface area contributed by atoms with Crippen LogP contribution in [0.5, 0.6) is 0 Å². The fourth-order valence-corrected chi connectivity index (χ4v) is 1.97. The minimum Gasteiger partial charge on any atom is -0.452 e. The SMILES string of the molecule is CCn1nccc1C(NN)c1ccc(Br)o1. The Labute approximate surface area is 102 Å². The fraction of sp³-hybridized carbons (Fsp3) is 0.300. The normalized spacial score (nSPS) is 12.9. The van der Waals surface area contributed by atoms with Crippen LogP contribution in [0.15, 0.2) is 33.5 Å². The molecule has 5 nitrogen and oxygen atoms in total. The van der Waals surface area contributed by atoms with Crippen molar-refractivity contribution in [2.24, 2.45) is 5.84 Å². The fourth-order valence-electron chi connectivity index (χ4n) is 1.65. The lowest BCUT2D eigenvalue weighted by atomic mass is 10.1. The van der Waals surface area contributed by atoms with Gasteiger partial charge in [0.25, 0.3) is 0 Å². The van der Waals surface area contributed by atoms with E-state index >= 15 is 0 Å². The van der Waals surface area contributed by atoms with E-state index in [-0.39, 0.29) is 6.04 Å². The van der Waals surface area contributed by atoms with Crippen molar-refractivity contribution in [1.82, 2.24) is 15.2 Å². The third kappa shape index (κ3) is 2.04. The first-order valence-electron chi connectivity index (χ1n) is 4.99. The molecule has 2 heterocycles. The van der Waals surface area contributed by atoms with E-state index in [9.17, 15) is 0 Å². The maximum Gasteiger partial charge on any atom is 0.169 e. The van der Waals surface area contributed by atoms with Gasteiger partial charge in [0.1, 0.15) is 11.8 Å². The second kappa shape index (κ2) is 4.82. The van der Waals surface area contributed by atoms with Crippen molar-refractivity contribution in [2.45, 2.75) is 19.5 Å². The first-order valence-corrected chi connectivity index (χ1v) is 5.78. The topological polar surface area (TPSA) is 69.0 Å². The third-order valence-electron chi connectivity index (χ3n) is 2.39. The molecule has 0 fully saturated rings. The Morgan fingerprint density at radius 2 is 2.38 bits per heavy atom. The summed E-state index contributed by atoms with van der Waals surface area (Å²) in [7, 11) is 0. The number of nitrogens with two attached hydrogens (primary N) is 1. The summed E-state index contributed by atoms with van der Waals surface area (Å²) in [5, 5.41) is 4.20. The van der Waals surface area contributed by atoms with Crippen LogP contribution in [0.2, 0.25) is 0 Å². The van der Waals surface area contributed by atoms with Crippen LogP contribution < -0.4 is 11.3 Å². The second-order valence-corrected chi connectivity index (χ2v) is 4.09. The number of hydrazine groups is 1. The molecule has 0 aliphatic carbocycles. The van der Waals surface area contributed by atoms with Crippen LogP contribution in [-0.4, -0.2) is 9.78 Å². The molecule has 1 atom stereocenters. The standard InChI is InChI=1S/C10H13BrN4O/c1-2-15-7(5-6-13-15)10(14-12)8-3-4-9(11)16-8/h3-6,10,14H,2,12H2,1H3. The van der Waals surface area contributed by atoms with Crippen LogP contribution in [0, 0.1) is 0 Å². The number of aromatic nitrogens is 2. The van der Waals surface area contributed by atoms with E-state index in [1.165, 1.54) is 0 Å². The lowest BCUT2D eigenvalue weighted by molar-refractivity contribution is 0.420. The molecule has 16 heavy (non-hydrogen) atoms. The Hall–Kier alpha value is -1.11. The molecule has 0 saturated heterocycles. The summed E-state index contributed by atoms with van der Waals surface area (Å²) in [6.45, 7) is 2.82. The van der Waals surface area contributed by atoms with Crippen molar-refractivity contribution >= 4 is 15.9 Å². The zero-order valence-corrected chi connectivity index (χ0v) is 10.4. The number of nitrogens with zero attached hydrogens (tertiary/aromatic N) is 2. The quantitative estimate of drug-likeness (QED) is 0.664. The number of hydrogen-bond donors (Lipinski definition) is 2. The molecule has 0 aliphatic heterocycles. The van der Waals surface area contributed by atoms with E-state index in [0.717, 1.165) is 18.0 Å². The monoisotopic (exact) mass is 284 g/mol. The van der Waals surface area contributed by atoms with Gasteiger partial charge in [-0.1, -0.05) is 0 Å². The van der Waals surface area contributed by atoms with Gasteiger partial charge in [0.05, 0.1) is 5.69 Å². The van der Waals surface area contributed by atoms with Crippen molar-refractivity contribution in [2.75, 3.05) is 0 Å². The predicted molar refractivity (Wildman–Crippen MR) is 63.5 cm³/mol. The van der Waals surface area contributed by atoms with Crippen LogP contribution in [0.25, 0.3) is 0 Å². The van der Waals surface area contributed by atoms with E-state index in [2.05, 4.69) is 26.5 Å². The highest BCUT2D eigenvalue weighted by atomic mass is 79.9. The third-order valence-corrected chi connectivity index (χ3v) is 2.82. The van der Waals surface area contributed by atoms with E-state index in [1.807, 2.05) is 29.8 Å². The van der Waals surface area contributed by atoms with Gasteiger partial charge in [-0.15, -0.1) is 0 Å². The predicted octanol–water partition coefficient (Wildman–Crippen LogP) is 1.81. The van der Waals surface area contributed by atoms with Gasteiger partial charge >= 0.3 is 0 Å². The number of rotatable bonds is 4. The molecule has 2 rings (SSSR count). The van der Waals surface area contributed by atoms with Gasteiger partial charge in [0.15, 0.2) is 4.67 Å². The van der Waals surface area contributed by atoms with Gasteiger partial charge in [0, 0.05) is 12.7 Å². The molecular weight excluding hydrogens is 272 g/mol. The molecule has 3 N–H and O–H groups in total. The van der Waals surface area contributed by atoms with Crippen molar-refractivity contribution in [3.63, 3.8) is 0 Å². The lowest BCUT2D eigenvalue weighted by Gasteiger charge is -2.14. The number of aryl methyl sites for hydroxylation is 1. The zero-order chi connectivity index (χ0) is 11.5. The highest BCUT2D eigenvalue weighted by Gasteiger charge is 2.19. The molecule has 2 aromatic rings. The first-order chi connectivity index (χ1) is 7.76. The van der Waals surface area contributed by atoms with E-state index in [4.69, 9.17) is 10.3 Å². The summed E-state index contributed by atoms with van der Waals surface area (Å²) in [5.74, 6) is 6.32. The minimum atomic E-state index is -0.186. The largest absolute Gasteiger partial charge is 0.452 e. The first kappa shape index (κ1) is 11.4. The highest BCUT2D eigenvalue weighted by molar-refractivity contribution is 9.10. The van der Waals surface area contributed by atoms with Gasteiger partial charge in [-0.05, 0) is 41.1 Å². The molecule has 0 radical (unpaired) electrons. The number of hydrogen-bond acceptors (Lipinski definition) is 4.